The lowest BCUT2D eigenvalue weighted by Crippen LogP contribution is -2.41. The quantitative estimate of drug-likeness (QED) is 0.784. The fourth-order valence-corrected chi connectivity index (χ4v) is 4.44. The Hall–Kier alpha value is -0.883. The van der Waals surface area contributed by atoms with Crippen molar-refractivity contribution in [3.8, 4) is 5.75 Å². The molecule has 0 saturated heterocycles. The third-order valence-corrected chi connectivity index (χ3v) is 5.88. The first-order valence-corrected chi connectivity index (χ1v) is 9.17. The van der Waals surface area contributed by atoms with Gasteiger partial charge in [-0.2, -0.15) is 0 Å². The van der Waals surface area contributed by atoms with E-state index in [0.717, 1.165) is 29.3 Å². The van der Waals surface area contributed by atoms with Gasteiger partial charge in [-0.3, -0.25) is 0 Å². The summed E-state index contributed by atoms with van der Waals surface area (Å²) >= 11 is 0. The molecule has 0 bridgehead atoms. The molecule has 4 nitrogen and oxygen atoms in total. The summed E-state index contributed by atoms with van der Waals surface area (Å²) in [5.41, 5.74) is 1.10. The zero-order valence-electron chi connectivity index (χ0n) is 12.8. The fourth-order valence-electron chi connectivity index (χ4n) is 2.99. The first-order chi connectivity index (χ1) is 10.3. The minimum atomic E-state index is -1.39. The molecule has 1 aromatic rings. The third-order valence-electron chi connectivity index (χ3n) is 4.00. The molecule has 0 aromatic heterocycles. The van der Waals surface area contributed by atoms with E-state index in [1.54, 1.807) is 0 Å². The summed E-state index contributed by atoms with van der Waals surface area (Å²) in [6, 6.07) is 6.25. The Morgan fingerprint density at radius 2 is 1.86 bits per heavy atom. The summed E-state index contributed by atoms with van der Waals surface area (Å²) in [4.78, 5) is 0. The summed E-state index contributed by atoms with van der Waals surface area (Å²) in [5, 5.41) is 1.12. The highest BCUT2D eigenvalue weighted by molar-refractivity contribution is 6.61. The Morgan fingerprint density at radius 3 is 2.52 bits per heavy atom. The van der Waals surface area contributed by atoms with Crippen LogP contribution in [0.1, 0.15) is 45.1 Å². The van der Waals surface area contributed by atoms with Gasteiger partial charge in [0.15, 0.2) is 0 Å². The maximum absolute atomic E-state index is 6.14. The molecule has 0 unspecified atom stereocenters. The van der Waals surface area contributed by atoms with Crippen LogP contribution < -0.4 is 9.92 Å². The second kappa shape index (κ2) is 6.48. The first kappa shape index (κ1) is 15.0. The van der Waals surface area contributed by atoms with Crippen LogP contribution in [0.4, 0.5) is 0 Å². The predicted molar refractivity (Wildman–Crippen MR) is 81.7 cm³/mol. The van der Waals surface area contributed by atoms with Gasteiger partial charge >= 0.3 is 9.28 Å². The molecule has 0 atom stereocenters. The number of rotatable bonds is 5. The van der Waals surface area contributed by atoms with Crippen LogP contribution in [0.2, 0.25) is 0 Å². The van der Waals surface area contributed by atoms with Crippen LogP contribution in [0.15, 0.2) is 18.2 Å². The predicted octanol–water partition coefficient (Wildman–Crippen LogP) is 2.63. The van der Waals surface area contributed by atoms with Crippen molar-refractivity contribution in [2.24, 2.45) is 0 Å². The zero-order chi connectivity index (χ0) is 14.7. The number of hydrogen-bond donors (Lipinski definition) is 0. The Kier molecular flexibility index (Phi) is 4.64. The third kappa shape index (κ3) is 3.16. The van der Waals surface area contributed by atoms with Gasteiger partial charge in [0, 0.05) is 31.6 Å². The maximum atomic E-state index is 6.14. The van der Waals surface area contributed by atoms with Gasteiger partial charge in [-0.25, -0.2) is 0 Å². The fraction of sp³-hybridized carbons (Fsp3) is 0.625. The van der Waals surface area contributed by atoms with Crippen molar-refractivity contribution in [2.45, 2.75) is 51.9 Å². The van der Waals surface area contributed by atoms with E-state index < -0.39 is 9.28 Å². The molecule has 3 rings (SSSR count). The van der Waals surface area contributed by atoms with E-state index in [1.165, 1.54) is 12.8 Å². The van der Waals surface area contributed by atoms with Crippen LogP contribution in [-0.2, 0) is 20.2 Å². The minimum Gasteiger partial charge on any atom is -0.462 e. The molecule has 1 aromatic carbocycles. The van der Waals surface area contributed by atoms with Crippen molar-refractivity contribution in [3.63, 3.8) is 0 Å². The lowest BCUT2D eigenvalue weighted by molar-refractivity contribution is -0.200. The van der Waals surface area contributed by atoms with Gasteiger partial charge in [0.05, 0.1) is 6.61 Å². The molecular formula is C16H23O4Si. The highest BCUT2D eigenvalue weighted by Crippen LogP contribution is 2.40. The summed E-state index contributed by atoms with van der Waals surface area (Å²) in [6.45, 7) is 5.95. The van der Waals surface area contributed by atoms with Crippen molar-refractivity contribution < 1.29 is 18.3 Å². The Bertz CT molecular complexity index is 479. The smallest absolute Gasteiger partial charge is 0.423 e. The number of fused-ring (bicyclic) bond motifs is 1. The standard InChI is InChI=1S/C16H23O4Si/c1-3-18-21(19-4-2)14-7-8-15-13(11-14)12-17-16(20-15)9-5-6-10-16/h7-8,11H,3-6,9-10,12H2,1-2H3. The van der Waals surface area contributed by atoms with E-state index in [-0.39, 0.29) is 5.79 Å². The van der Waals surface area contributed by atoms with Crippen molar-refractivity contribution in [1.29, 1.82) is 0 Å². The minimum absolute atomic E-state index is 0.359. The van der Waals surface area contributed by atoms with Gasteiger partial charge in [0.1, 0.15) is 5.75 Å². The number of benzene rings is 1. The molecule has 1 spiro atoms. The van der Waals surface area contributed by atoms with E-state index in [4.69, 9.17) is 18.3 Å². The molecule has 2 aliphatic rings. The SMILES string of the molecule is CCO[Si](OCC)c1ccc2c(c1)COC1(CCCC1)O2. The molecule has 1 aliphatic heterocycles. The van der Waals surface area contributed by atoms with Crippen LogP contribution in [0.25, 0.3) is 0 Å². The second-order valence-corrected chi connectivity index (χ2v) is 7.21. The van der Waals surface area contributed by atoms with Gasteiger partial charge in [0.2, 0.25) is 5.79 Å². The Balaban J connectivity index is 1.79. The van der Waals surface area contributed by atoms with Gasteiger partial charge < -0.3 is 18.3 Å². The largest absolute Gasteiger partial charge is 0.462 e. The number of ether oxygens (including phenoxy) is 2. The molecular weight excluding hydrogens is 284 g/mol. The van der Waals surface area contributed by atoms with Crippen LogP contribution >= 0.6 is 0 Å². The molecule has 21 heavy (non-hydrogen) atoms. The van der Waals surface area contributed by atoms with Crippen molar-refractivity contribution >= 4 is 14.5 Å². The highest BCUT2D eigenvalue weighted by atomic mass is 28.3. The molecule has 1 heterocycles. The average molecular weight is 307 g/mol. The molecule has 0 N–H and O–H groups in total. The van der Waals surface area contributed by atoms with Gasteiger partial charge in [0.25, 0.3) is 0 Å². The van der Waals surface area contributed by atoms with E-state index in [1.807, 2.05) is 13.8 Å². The lowest BCUT2D eigenvalue weighted by Gasteiger charge is -2.35. The summed E-state index contributed by atoms with van der Waals surface area (Å²) in [6.07, 6.45) is 4.38. The van der Waals surface area contributed by atoms with E-state index in [9.17, 15) is 0 Å². The van der Waals surface area contributed by atoms with Crippen molar-refractivity contribution in [1.82, 2.24) is 0 Å². The van der Waals surface area contributed by atoms with Crippen molar-refractivity contribution in [3.05, 3.63) is 23.8 Å². The summed E-state index contributed by atoms with van der Waals surface area (Å²) < 4.78 is 23.7. The molecule has 115 valence electrons. The number of hydrogen-bond acceptors (Lipinski definition) is 4. The van der Waals surface area contributed by atoms with Gasteiger partial charge in [-0.05, 0) is 44.0 Å². The summed E-state index contributed by atoms with van der Waals surface area (Å²) in [5.74, 6) is 0.600. The maximum Gasteiger partial charge on any atom is 0.423 e. The second-order valence-electron chi connectivity index (χ2n) is 5.48. The Morgan fingerprint density at radius 1 is 1.14 bits per heavy atom. The molecule has 1 fully saturated rings. The lowest BCUT2D eigenvalue weighted by atomic mass is 10.1. The molecule has 0 amide bonds. The topological polar surface area (TPSA) is 36.9 Å². The summed E-state index contributed by atoms with van der Waals surface area (Å²) in [7, 11) is -1.39. The van der Waals surface area contributed by atoms with Crippen molar-refractivity contribution in [2.75, 3.05) is 13.2 Å². The van der Waals surface area contributed by atoms with E-state index in [2.05, 4.69) is 18.2 Å². The monoisotopic (exact) mass is 307 g/mol. The molecule has 1 saturated carbocycles. The average Bonchev–Trinajstić information content (AvgIpc) is 2.95. The molecule has 5 heteroatoms. The Labute approximate surface area is 128 Å². The first-order valence-electron chi connectivity index (χ1n) is 7.85. The zero-order valence-corrected chi connectivity index (χ0v) is 13.8. The van der Waals surface area contributed by atoms with Crippen LogP contribution in [0.3, 0.4) is 0 Å². The van der Waals surface area contributed by atoms with Crippen LogP contribution in [0, 0.1) is 0 Å². The molecule has 1 radical (unpaired) electrons. The van der Waals surface area contributed by atoms with E-state index >= 15 is 0 Å². The highest BCUT2D eigenvalue weighted by Gasteiger charge is 2.40. The van der Waals surface area contributed by atoms with Crippen LogP contribution in [-0.4, -0.2) is 28.3 Å². The van der Waals surface area contributed by atoms with E-state index in [0.29, 0.717) is 19.8 Å². The normalized spacial score (nSPS) is 19.8. The molecule has 1 aliphatic carbocycles. The van der Waals surface area contributed by atoms with Gasteiger partial charge in [-0.1, -0.05) is 6.07 Å². The van der Waals surface area contributed by atoms with Gasteiger partial charge in [-0.15, -0.1) is 0 Å². The van der Waals surface area contributed by atoms with Crippen LogP contribution in [0.5, 0.6) is 5.75 Å².